The minimum absolute atomic E-state index is 0.658. The molecule has 0 aliphatic carbocycles. The summed E-state index contributed by atoms with van der Waals surface area (Å²) in [6.45, 7) is 0. The zero-order valence-corrected chi connectivity index (χ0v) is 27.2. The highest BCUT2D eigenvalue weighted by Crippen LogP contribution is 2.44. The molecule has 0 amide bonds. The summed E-state index contributed by atoms with van der Waals surface area (Å²) < 4.78 is 2.47. The summed E-state index contributed by atoms with van der Waals surface area (Å²) in [4.78, 5) is 15.2. The molecule has 0 atom stereocenters. The average molecular weight is 642 g/mol. The Morgan fingerprint density at radius 2 is 0.776 bits per heavy atom. The molecule has 0 saturated heterocycles. The van der Waals surface area contributed by atoms with E-state index in [0.29, 0.717) is 17.5 Å². The summed E-state index contributed by atoms with van der Waals surface area (Å²) in [5.74, 6) is 1.98. The lowest BCUT2D eigenvalue weighted by Gasteiger charge is -2.14. The second kappa shape index (κ2) is 11.2. The second-order valence-electron chi connectivity index (χ2n) is 12.4. The highest BCUT2D eigenvalue weighted by Gasteiger charge is 2.18. The Kier molecular flexibility index (Phi) is 6.36. The van der Waals surface area contributed by atoms with Gasteiger partial charge in [0.1, 0.15) is 0 Å². The number of benzene rings is 8. The molecule has 49 heavy (non-hydrogen) atoms. The number of hydrogen-bond acceptors (Lipinski definition) is 4. The fourth-order valence-electron chi connectivity index (χ4n) is 7.22. The first-order chi connectivity index (χ1) is 24.3. The van der Waals surface area contributed by atoms with Crippen LogP contribution in [-0.2, 0) is 0 Å². The van der Waals surface area contributed by atoms with E-state index in [0.717, 1.165) is 16.7 Å². The first kappa shape index (κ1) is 27.8. The molecule has 0 radical (unpaired) electrons. The second-order valence-corrected chi connectivity index (χ2v) is 13.5. The van der Waals surface area contributed by atoms with Gasteiger partial charge in [-0.2, -0.15) is 0 Å². The third-order valence-corrected chi connectivity index (χ3v) is 10.6. The van der Waals surface area contributed by atoms with Gasteiger partial charge in [-0.3, -0.25) is 0 Å². The van der Waals surface area contributed by atoms with Crippen LogP contribution >= 0.6 is 11.3 Å². The van der Waals surface area contributed by atoms with E-state index in [1.54, 1.807) is 0 Å². The van der Waals surface area contributed by atoms with E-state index >= 15 is 0 Å². The van der Waals surface area contributed by atoms with Crippen LogP contribution in [0.2, 0.25) is 0 Å². The molecule has 0 fully saturated rings. The molecule has 0 N–H and O–H groups in total. The molecule has 0 aliphatic heterocycles. The predicted octanol–water partition coefficient (Wildman–Crippen LogP) is 12.4. The zero-order chi connectivity index (χ0) is 32.3. The molecule has 3 nitrogen and oxygen atoms in total. The minimum atomic E-state index is 0.658. The fraction of sp³-hybridized carbons (Fsp3) is 0. The van der Waals surface area contributed by atoms with Crippen molar-refractivity contribution >= 4 is 63.8 Å². The van der Waals surface area contributed by atoms with Crippen molar-refractivity contribution in [2.24, 2.45) is 0 Å². The molecule has 0 aliphatic rings. The van der Waals surface area contributed by atoms with Gasteiger partial charge in [0.2, 0.25) is 0 Å². The molecule has 2 aromatic heterocycles. The van der Waals surface area contributed by atoms with Gasteiger partial charge in [0.15, 0.2) is 17.5 Å². The van der Waals surface area contributed by atoms with Crippen molar-refractivity contribution in [1.82, 2.24) is 15.0 Å². The van der Waals surface area contributed by atoms with E-state index in [1.165, 1.54) is 63.6 Å². The third-order valence-electron chi connectivity index (χ3n) is 9.49. The van der Waals surface area contributed by atoms with Crippen molar-refractivity contribution in [3.63, 3.8) is 0 Å². The summed E-state index contributed by atoms with van der Waals surface area (Å²) >= 11 is 1.82. The number of nitrogens with zero attached hydrogens (tertiary/aromatic N) is 3. The standard InChI is InChI=1S/C45H27N3S/c1-3-13-28(14-4-1)43-46-44(29-15-5-2-6-16-29)48-45(47-43)31-26-38(42-37-21-11-12-22-40(37)49-41(42)27-31)30-23-24-36-34-19-8-7-17-32(34)33-18-9-10-20-35(33)39(36)25-30/h1-27H. The minimum Gasteiger partial charge on any atom is -0.208 e. The molecule has 0 unspecified atom stereocenters. The average Bonchev–Trinajstić information content (AvgIpc) is 3.57. The van der Waals surface area contributed by atoms with E-state index in [9.17, 15) is 0 Å². The summed E-state index contributed by atoms with van der Waals surface area (Å²) in [5.41, 5.74) is 5.23. The normalized spacial score (nSPS) is 11.7. The van der Waals surface area contributed by atoms with Gasteiger partial charge in [0.05, 0.1) is 0 Å². The van der Waals surface area contributed by atoms with Gasteiger partial charge >= 0.3 is 0 Å². The Balaban J connectivity index is 1.27. The Bertz CT molecular complexity index is 2780. The van der Waals surface area contributed by atoms with Crippen LogP contribution in [0.4, 0.5) is 0 Å². The van der Waals surface area contributed by atoms with E-state index in [-0.39, 0.29) is 0 Å². The smallest absolute Gasteiger partial charge is 0.164 e. The molecular weight excluding hydrogens is 615 g/mol. The number of thiophene rings is 1. The zero-order valence-electron chi connectivity index (χ0n) is 26.3. The topological polar surface area (TPSA) is 38.7 Å². The molecular formula is C45H27N3S. The maximum absolute atomic E-state index is 5.10. The molecule has 2 heterocycles. The van der Waals surface area contributed by atoms with Crippen LogP contribution in [0.5, 0.6) is 0 Å². The van der Waals surface area contributed by atoms with Crippen molar-refractivity contribution in [2.75, 3.05) is 0 Å². The van der Waals surface area contributed by atoms with E-state index in [2.05, 4.69) is 127 Å². The largest absolute Gasteiger partial charge is 0.208 e. The quantitative estimate of drug-likeness (QED) is 0.180. The summed E-state index contributed by atoms with van der Waals surface area (Å²) in [6, 6.07) is 58.1. The molecule has 8 aromatic carbocycles. The number of aromatic nitrogens is 3. The monoisotopic (exact) mass is 641 g/mol. The van der Waals surface area contributed by atoms with Crippen LogP contribution in [0.3, 0.4) is 0 Å². The summed E-state index contributed by atoms with van der Waals surface area (Å²) in [7, 11) is 0. The lowest BCUT2D eigenvalue weighted by atomic mass is 9.90. The van der Waals surface area contributed by atoms with Gasteiger partial charge in [-0.1, -0.05) is 140 Å². The van der Waals surface area contributed by atoms with Crippen LogP contribution in [0.1, 0.15) is 0 Å². The third kappa shape index (κ3) is 4.61. The lowest BCUT2D eigenvalue weighted by molar-refractivity contribution is 1.07. The number of rotatable bonds is 4. The summed E-state index contributed by atoms with van der Waals surface area (Å²) in [6.07, 6.45) is 0. The van der Waals surface area contributed by atoms with Crippen molar-refractivity contribution in [1.29, 1.82) is 0 Å². The highest BCUT2D eigenvalue weighted by molar-refractivity contribution is 7.26. The molecule has 10 aromatic rings. The molecule has 0 bridgehead atoms. The number of hydrogen-bond donors (Lipinski definition) is 0. The van der Waals surface area contributed by atoms with Gasteiger partial charge < -0.3 is 0 Å². The first-order valence-corrected chi connectivity index (χ1v) is 17.3. The maximum atomic E-state index is 5.10. The van der Waals surface area contributed by atoms with Crippen molar-refractivity contribution in [3.05, 3.63) is 164 Å². The molecule has 0 spiro atoms. The molecule has 10 rings (SSSR count). The molecule has 228 valence electrons. The van der Waals surface area contributed by atoms with Gasteiger partial charge in [-0.25, -0.2) is 15.0 Å². The maximum Gasteiger partial charge on any atom is 0.164 e. The fourth-order valence-corrected chi connectivity index (χ4v) is 8.40. The SMILES string of the molecule is c1ccc(-c2nc(-c3ccccc3)nc(-c3cc(-c4ccc5c6ccccc6c6ccccc6c5c4)c4c(c3)sc3ccccc34)n2)cc1. The Hall–Kier alpha value is -6.23. The van der Waals surface area contributed by atoms with Gasteiger partial charge in [-0.15, -0.1) is 11.3 Å². The summed E-state index contributed by atoms with van der Waals surface area (Å²) in [5, 5.41) is 10.1. The molecule has 0 saturated carbocycles. The van der Waals surface area contributed by atoms with Crippen molar-refractivity contribution in [3.8, 4) is 45.3 Å². The van der Waals surface area contributed by atoms with Gasteiger partial charge in [-0.05, 0) is 67.7 Å². The van der Waals surface area contributed by atoms with Crippen molar-refractivity contribution < 1.29 is 0 Å². The van der Waals surface area contributed by atoms with Crippen LogP contribution < -0.4 is 0 Å². The first-order valence-electron chi connectivity index (χ1n) is 16.4. The predicted molar refractivity (Wildman–Crippen MR) is 207 cm³/mol. The molecule has 4 heteroatoms. The van der Waals surface area contributed by atoms with E-state index < -0.39 is 0 Å². The van der Waals surface area contributed by atoms with E-state index in [4.69, 9.17) is 15.0 Å². The Morgan fingerprint density at radius 1 is 0.306 bits per heavy atom. The van der Waals surface area contributed by atoms with Crippen LogP contribution in [-0.4, -0.2) is 15.0 Å². The van der Waals surface area contributed by atoms with E-state index in [1.807, 2.05) is 47.7 Å². The number of fused-ring (bicyclic) bond motifs is 9. The lowest BCUT2D eigenvalue weighted by Crippen LogP contribution is -2.00. The van der Waals surface area contributed by atoms with Crippen LogP contribution in [0, 0.1) is 0 Å². The van der Waals surface area contributed by atoms with Gasteiger partial charge in [0.25, 0.3) is 0 Å². The Labute approximate surface area is 286 Å². The Morgan fingerprint density at radius 3 is 1.37 bits per heavy atom. The highest BCUT2D eigenvalue weighted by atomic mass is 32.1. The van der Waals surface area contributed by atoms with Crippen molar-refractivity contribution in [2.45, 2.75) is 0 Å². The van der Waals surface area contributed by atoms with Crippen LogP contribution in [0.25, 0.3) is 97.8 Å². The van der Waals surface area contributed by atoms with Crippen LogP contribution in [0.15, 0.2) is 164 Å². The van der Waals surface area contributed by atoms with Gasteiger partial charge in [0, 0.05) is 36.9 Å².